The number of hydrogen-bond acceptors (Lipinski definition) is 0. The molecule has 2 aliphatic rings. The Morgan fingerprint density at radius 2 is 1.62 bits per heavy atom. The van der Waals surface area contributed by atoms with Gasteiger partial charge < -0.3 is 0 Å². The van der Waals surface area contributed by atoms with Crippen molar-refractivity contribution in [1.29, 1.82) is 0 Å². The van der Waals surface area contributed by atoms with Gasteiger partial charge in [0.1, 0.15) is 0 Å². The molecule has 0 unspecified atom stereocenters. The van der Waals surface area contributed by atoms with Crippen molar-refractivity contribution in [2.45, 2.75) is 64.2 Å². The second-order valence-corrected chi connectivity index (χ2v) is 4.60. The van der Waals surface area contributed by atoms with Crippen LogP contribution >= 0.6 is 0 Å². The van der Waals surface area contributed by atoms with Gasteiger partial charge in [0, 0.05) is 0 Å². The largest absolute Gasteiger partial charge is 0.0636 e. The summed E-state index contributed by atoms with van der Waals surface area (Å²) in [5.74, 6) is 0.937. The maximum Gasteiger partial charge on any atom is -0.0197 e. The highest BCUT2D eigenvalue weighted by atomic mass is 14.2. The van der Waals surface area contributed by atoms with E-state index in [9.17, 15) is 0 Å². The SMILES string of the molecule is [C]1=C(C2CCCCC2)CCCCC1. The maximum atomic E-state index is 3.67. The third kappa shape index (κ3) is 2.59. The minimum absolute atomic E-state index is 0.937. The Kier molecular flexibility index (Phi) is 3.46. The van der Waals surface area contributed by atoms with Gasteiger partial charge in [-0.3, -0.25) is 0 Å². The van der Waals surface area contributed by atoms with Crippen LogP contribution in [0.15, 0.2) is 5.57 Å². The van der Waals surface area contributed by atoms with Crippen LogP contribution in [0.1, 0.15) is 64.2 Å². The third-order valence-electron chi connectivity index (χ3n) is 3.57. The molecule has 0 heteroatoms. The van der Waals surface area contributed by atoms with E-state index in [0.29, 0.717) is 0 Å². The summed E-state index contributed by atoms with van der Waals surface area (Å²) in [6.45, 7) is 0. The highest BCUT2D eigenvalue weighted by molar-refractivity contribution is 5.04. The van der Waals surface area contributed by atoms with Crippen LogP contribution in [0.2, 0.25) is 0 Å². The van der Waals surface area contributed by atoms with Gasteiger partial charge in [-0.2, -0.15) is 0 Å². The van der Waals surface area contributed by atoms with Gasteiger partial charge >= 0.3 is 0 Å². The van der Waals surface area contributed by atoms with Crippen molar-refractivity contribution >= 4 is 0 Å². The van der Waals surface area contributed by atoms with Crippen molar-refractivity contribution in [2.24, 2.45) is 5.92 Å². The first-order valence-corrected chi connectivity index (χ1v) is 6.06. The van der Waals surface area contributed by atoms with E-state index in [2.05, 4.69) is 6.08 Å². The standard InChI is InChI=1S/C13H21/c1-2-5-9-12(8-4-1)13-10-6-3-7-11-13/h13H,1-8,10-11H2. The van der Waals surface area contributed by atoms with Crippen molar-refractivity contribution in [3.05, 3.63) is 11.6 Å². The molecule has 0 atom stereocenters. The summed E-state index contributed by atoms with van der Waals surface area (Å²) in [4.78, 5) is 0. The van der Waals surface area contributed by atoms with Gasteiger partial charge in [0.15, 0.2) is 0 Å². The topological polar surface area (TPSA) is 0 Å². The lowest BCUT2D eigenvalue weighted by Crippen LogP contribution is -2.09. The fourth-order valence-corrected chi connectivity index (χ4v) is 2.75. The fraction of sp³-hybridized carbons (Fsp3) is 0.846. The van der Waals surface area contributed by atoms with Crippen LogP contribution in [-0.4, -0.2) is 0 Å². The van der Waals surface area contributed by atoms with Gasteiger partial charge in [-0.15, -0.1) is 0 Å². The molecular formula is C13H21. The lowest BCUT2D eigenvalue weighted by molar-refractivity contribution is 0.392. The Hall–Kier alpha value is -0.260. The first-order chi connectivity index (χ1) is 6.47. The highest BCUT2D eigenvalue weighted by Crippen LogP contribution is 2.33. The Balaban J connectivity index is 1.92. The fourth-order valence-electron chi connectivity index (χ4n) is 2.75. The predicted molar refractivity (Wildman–Crippen MR) is 56.4 cm³/mol. The third-order valence-corrected chi connectivity index (χ3v) is 3.57. The minimum Gasteiger partial charge on any atom is -0.0636 e. The first-order valence-electron chi connectivity index (χ1n) is 6.06. The zero-order valence-electron chi connectivity index (χ0n) is 8.65. The molecule has 2 rings (SSSR count). The van der Waals surface area contributed by atoms with Crippen LogP contribution in [0, 0.1) is 12.0 Å². The molecule has 0 heterocycles. The molecule has 1 saturated carbocycles. The van der Waals surface area contributed by atoms with Gasteiger partial charge in [0.25, 0.3) is 0 Å². The molecule has 0 N–H and O–H groups in total. The molecule has 2 aliphatic carbocycles. The summed E-state index contributed by atoms with van der Waals surface area (Å²) < 4.78 is 0. The van der Waals surface area contributed by atoms with Crippen molar-refractivity contribution < 1.29 is 0 Å². The van der Waals surface area contributed by atoms with E-state index in [4.69, 9.17) is 0 Å². The minimum atomic E-state index is 0.937. The molecule has 0 bridgehead atoms. The maximum absolute atomic E-state index is 3.67. The molecule has 0 spiro atoms. The Morgan fingerprint density at radius 1 is 0.846 bits per heavy atom. The Morgan fingerprint density at radius 3 is 2.46 bits per heavy atom. The molecule has 0 aromatic rings. The van der Waals surface area contributed by atoms with Crippen LogP contribution in [0.3, 0.4) is 0 Å². The number of rotatable bonds is 1. The Labute approximate surface area is 82.4 Å². The molecule has 73 valence electrons. The van der Waals surface area contributed by atoms with Gasteiger partial charge in [-0.25, -0.2) is 0 Å². The lowest BCUT2D eigenvalue weighted by Gasteiger charge is -2.23. The molecule has 1 fully saturated rings. The van der Waals surface area contributed by atoms with Gasteiger partial charge in [0.05, 0.1) is 0 Å². The zero-order valence-corrected chi connectivity index (χ0v) is 8.65. The van der Waals surface area contributed by atoms with Gasteiger partial charge in [-0.1, -0.05) is 31.3 Å². The quantitative estimate of drug-likeness (QED) is 0.561. The van der Waals surface area contributed by atoms with Crippen molar-refractivity contribution in [3.63, 3.8) is 0 Å². The number of allylic oxidation sites excluding steroid dienone is 2. The summed E-state index contributed by atoms with van der Waals surface area (Å²) in [6.07, 6.45) is 17.9. The normalized spacial score (nSPS) is 26.6. The lowest BCUT2D eigenvalue weighted by atomic mass is 9.82. The summed E-state index contributed by atoms with van der Waals surface area (Å²) in [5, 5.41) is 0. The van der Waals surface area contributed by atoms with Crippen LogP contribution < -0.4 is 0 Å². The second kappa shape index (κ2) is 4.83. The second-order valence-electron chi connectivity index (χ2n) is 4.60. The monoisotopic (exact) mass is 177 g/mol. The predicted octanol–water partition coefficient (Wildman–Crippen LogP) is 4.26. The highest BCUT2D eigenvalue weighted by Gasteiger charge is 2.18. The van der Waals surface area contributed by atoms with E-state index >= 15 is 0 Å². The summed E-state index contributed by atoms with van der Waals surface area (Å²) >= 11 is 0. The van der Waals surface area contributed by atoms with Gasteiger partial charge in [0.2, 0.25) is 0 Å². The van der Waals surface area contributed by atoms with E-state index in [0.717, 1.165) is 5.92 Å². The van der Waals surface area contributed by atoms with Gasteiger partial charge in [-0.05, 0) is 50.5 Å². The van der Waals surface area contributed by atoms with E-state index in [-0.39, 0.29) is 0 Å². The van der Waals surface area contributed by atoms with E-state index in [1.54, 1.807) is 5.57 Å². The van der Waals surface area contributed by atoms with Crippen LogP contribution in [0.25, 0.3) is 0 Å². The Bertz CT molecular complexity index is 172. The van der Waals surface area contributed by atoms with E-state index in [1.165, 1.54) is 64.2 Å². The van der Waals surface area contributed by atoms with Crippen molar-refractivity contribution in [2.75, 3.05) is 0 Å². The summed E-state index contributed by atoms with van der Waals surface area (Å²) in [7, 11) is 0. The summed E-state index contributed by atoms with van der Waals surface area (Å²) in [5.41, 5.74) is 1.71. The van der Waals surface area contributed by atoms with Crippen LogP contribution in [-0.2, 0) is 0 Å². The van der Waals surface area contributed by atoms with E-state index < -0.39 is 0 Å². The van der Waals surface area contributed by atoms with Crippen LogP contribution in [0.4, 0.5) is 0 Å². The van der Waals surface area contributed by atoms with E-state index in [1.807, 2.05) is 0 Å². The van der Waals surface area contributed by atoms with Crippen molar-refractivity contribution in [1.82, 2.24) is 0 Å². The molecule has 13 heavy (non-hydrogen) atoms. The first kappa shape index (κ1) is 9.30. The molecule has 0 aromatic heterocycles. The average Bonchev–Trinajstić information content (AvgIpc) is 2.47. The smallest absolute Gasteiger partial charge is 0.0197 e. The molecular weight excluding hydrogens is 156 g/mol. The van der Waals surface area contributed by atoms with Crippen LogP contribution in [0.5, 0.6) is 0 Å². The van der Waals surface area contributed by atoms with Crippen molar-refractivity contribution in [3.8, 4) is 0 Å². The zero-order chi connectivity index (χ0) is 8.93. The molecule has 0 amide bonds. The average molecular weight is 177 g/mol. The molecule has 0 nitrogen and oxygen atoms in total. The molecule has 0 aliphatic heterocycles. The molecule has 0 saturated heterocycles. The number of hydrogen-bond donors (Lipinski definition) is 0. The molecule has 1 radical (unpaired) electrons. The molecule has 0 aromatic carbocycles. The summed E-state index contributed by atoms with van der Waals surface area (Å²) in [6, 6.07) is 0.